The zero-order valence-electron chi connectivity index (χ0n) is 10.1. The molecule has 0 saturated carbocycles. The van der Waals surface area contributed by atoms with Crippen molar-refractivity contribution in [3.63, 3.8) is 0 Å². The van der Waals surface area contributed by atoms with Gasteiger partial charge in [0.15, 0.2) is 0 Å². The van der Waals surface area contributed by atoms with E-state index in [9.17, 15) is 4.79 Å². The predicted molar refractivity (Wildman–Crippen MR) is 62.1 cm³/mol. The highest BCUT2D eigenvalue weighted by Crippen LogP contribution is 2.12. The molecule has 0 atom stereocenters. The molecule has 16 heavy (non-hydrogen) atoms. The maximum Gasteiger partial charge on any atom is 0.146 e. The van der Waals surface area contributed by atoms with Crippen LogP contribution in [0.4, 0.5) is 0 Å². The molecule has 0 aromatic carbocycles. The van der Waals surface area contributed by atoms with Crippen LogP contribution in [0, 0.1) is 0 Å². The molecule has 0 N–H and O–H groups in total. The molecular formula is C12H19N3O. The number of carbonyl (C=O) groups excluding carboxylic acids is 1. The molecule has 1 aromatic heterocycles. The van der Waals surface area contributed by atoms with E-state index < -0.39 is 0 Å². The fourth-order valence-electron chi connectivity index (χ4n) is 2.16. The van der Waals surface area contributed by atoms with Gasteiger partial charge in [-0.15, -0.1) is 0 Å². The Morgan fingerprint density at radius 1 is 1.50 bits per heavy atom. The van der Waals surface area contributed by atoms with Crippen LogP contribution < -0.4 is 0 Å². The first-order valence-electron chi connectivity index (χ1n) is 5.95. The van der Waals surface area contributed by atoms with Gasteiger partial charge in [0.25, 0.3) is 0 Å². The summed E-state index contributed by atoms with van der Waals surface area (Å²) in [5, 5.41) is 4.42. The summed E-state index contributed by atoms with van der Waals surface area (Å²) in [5.74, 6) is 0.365. The summed E-state index contributed by atoms with van der Waals surface area (Å²) >= 11 is 0. The molecule has 2 heterocycles. The molecule has 0 bridgehead atoms. The molecule has 0 amide bonds. The number of likely N-dealkylation sites (tertiary alicyclic amines) is 1. The first kappa shape index (κ1) is 11.3. The van der Waals surface area contributed by atoms with Crippen molar-refractivity contribution in [2.45, 2.75) is 32.7 Å². The number of ketones is 1. The van der Waals surface area contributed by atoms with Crippen molar-refractivity contribution >= 4 is 5.78 Å². The van der Waals surface area contributed by atoms with Crippen LogP contribution in [0.3, 0.4) is 0 Å². The Kier molecular flexibility index (Phi) is 3.39. The lowest BCUT2D eigenvalue weighted by Gasteiger charge is -2.25. The molecule has 1 aliphatic rings. The quantitative estimate of drug-likeness (QED) is 0.768. The molecule has 4 nitrogen and oxygen atoms in total. The number of aromatic nitrogens is 2. The monoisotopic (exact) mass is 221 g/mol. The summed E-state index contributed by atoms with van der Waals surface area (Å²) in [6.07, 6.45) is 2.71. The molecule has 4 heteroatoms. The zero-order valence-corrected chi connectivity index (χ0v) is 10.1. The molecule has 1 fully saturated rings. The molecule has 88 valence electrons. The smallest absolute Gasteiger partial charge is 0.146 e. The number of carbonyl (C=O) groups is 1. The van der Waals surface area contributed by atoms with Crippen LogP contribution >= 0.6 is 0 Å². The average Bonchev–Trinajstić information content (AvgIpc) is 2.60. The first-order valence-corrected chi connectivity index (χ1v) is 5.95. The van der Waals surface area contributed by atoms with E-state index in [1.54, 1.807) is 0 Å². The Hall–Kier alpha value is -1.16. The molecule has 1 aliphatic heterocycles. The largest absolute Gasteiger partial charge is 0.298 e. The van der Waals surface area contributed by atoms with E-state index in [2.05, 4.69) is 23.0 Å². The average molecular weight is 221 g/mol. The second-order valence-corrected chi connectivity index (χ2v) is 4.46. The van der Waals surface area contributed by atoms with Gasteiger partial charge in [-0.25, -0.2) is 0 Å². The third-order valence-corrected chi connectivity index (χ3v) is 3.11. The number of piperidine rings is 1. The Labute approximate surface area is 96.2 Å². The Balaban J connectivity index is 2.02. The number of hydrogen-bond acceptors (Lipinski definition) is 3. The van der Waals surface area contributed by atoms with Crippen molar-refractivity contribution < 1.29 is 4.79 Å². The number of nitrogens with zero attached hydrogens (tertiary/aromatic N) is 3. The van der Waals surface area contributed by atoms with Crippen molar-refractivity contribution in [3.8, 4) is 0 Å². The van der Waals surface area contributed by atoms with Crippen molar-refractivity contribution in [2.75, 3.05) is 13.1 Å². The number of Topliss-reactive ketones (excluding diaryl/α,β-unsaturated/α-hetero) is 1. The van der Waals surface area contributed by atoms with E-state index in [1.165, 1.54) is 5.69 Å². The fourth-order valence-corrected chi connectivity index (χ4v) is 2.16. The maximum absolute atomic E-state index is 11.3. The van der Waals surface area contributed by atoms with Crippen molar-refractivity contribution in [1.29, 1.82) is 0 Å². The van der Waals surface area contributed by atoms with E-state index >= 15 is 0 Å². The minimum Gasteiger partial charge on any atom is -0.298 e. The lowest BCUT2D eigenvalue weighted by Crippen LogP contribution is -2.35. The van der Waals surface area contributed by atoms with Crippen molar-refractivity contribution in [1.82, 2.24) is 14.7 Å². The summed E-state index contributed by atoms with van der Waals surface area (Å²) < 4.78 is 1.93. The topological polar surface area (TPSA) is 38.1 Å². The van der Waals surface area contributed by atoms with Gasteiger partial charge in [0.1, 0.15) is 5.78 Å². The van der Waals surface area contributed by atoms with E-state index in [0.29, 0.717) is 12.3 Å². The summed E-state index contributed by atoms with van der Waals surface area (Å²) in [4.78, 5) is 13.6. The Morgan fingerprint density at radius 3 is 2.94 bits per heavy atom. The van der Waals surface area contributed by atoms with Gasteiger partial charge < -0.3 is 0 Å². The van der Waals surface area contributed by atoms with Crippen molar-refractivity contribution in [2.24, 2.45) is 7.05 Å². The Bertz CT molecular complexity index is 384. The second-order valence-electron chi connectivity index (χ2n) is 4.46. The highest BCUT2D eigenvalue weighted by molar-refractivity contribution is 5.81. The molecule has 1 aromatic rings. The fraction of sp³-hybridized carbons (Fsp3) is 0.667. The first-order chi connectivity index (χ1) is 7.69. The minimum absolute atomic E-state index is 0.365. The zero-order chi connectivity index (χ0) is 11.5. The summed E-state index contributed by atoms with van der Waals surface area (Å²) in [7, 11) is 1.97. The van der Waals surface area contributed by atoms with Gasteiger partial charge in [-0.05, 0) is 25.5 Å². The second kappa shape index (κ2) is 4.78. The van der Waals surface area contributed by atoms with Crippen LogP contribution in [0.1, 0.15) is 31.2 Å². The van der Waals surface area contributed by atoms with E-state index in [-0.39, 0.29) is 0 Å². The third-order valence-electron chi connectivity index (χ3n) is 3.11. The molecule has 0 unspecified atom stereocenters. The lowest BCUT2D eigenvalue weighted by atomic mass is 10.1. The van der Waals surface area contributed by atoms with Crippen LogP contribution in [0.25, 0.3) is 0 Å². The van der Waals surface area contributed by atoms with E-state index in [4.69, 9.17) is 0 Å². The van der Waals surface area contributed by atoms with Crippen LogP contribution in [-0.4, -0.2) is 33.6 Å². The normalized spacial score (nSPS) is 18.0. The van der Waals surface area contributed by atoms with Crippen LogP contribution in [0.5, 0.6) is 0 Å². The van der Waals surface area contributed by atoms with Gasteiger partial charge in [-0.3, -0.25) is 14.4 Å². The molecule has 1 saturated heterocycles. The van der Waals surface area contributed by atoms with Gasteiger partial charge in [0, 0.05) is 20.0 Å². The van der Waals surface area contributed by atoms with Gasteiger partial charge in [-0.2, -0.15) is 5.10 Å². The van der Waals surface area contributed by atoms with Gasteiger partial charge in [0.2, 0.25) is 0 Å². The van der Waals surface area contributed by atoms with Gasteiger partial charge >= 0.3 is 0 Å². The summed E-state index contributed by atoms with van der Waals surface area (Å²) in [6.45, 7) is 4.58. The molecule has 0 spiro atoms. The minimum atomic E-state index is 0.365. The Morgan fingerprint density at radius 2 is 2.31 bits per heavy atom. The van der Waals surface area contributed by atoms with Crippen molar-refractivity contribution in [3.05, 3.63) is 17.5 Å². The molecule has 0 aliphatic carbocycles. The SMILES string of the molecule is CCc1cc(CN2CCCC(=O)C2)n(C)n1. The number of hydrogen-bond donors (Lipinski definition) is 0. The molecular weight excluding hydrogens is 202 g/mol. The van der Waals surface area contributed by atoms with Gasteiger partial charge in [-0.1, -0.05) is 6.92 Å². The third kappa shape index (κ3) is 2.50. The lowest BCUT2D eigenvalue weighted by molar-refractivity contribution is -0.122. The van der Waals surface area contributed by atoms with Crippen LogP contribution in [0.2, 0.25) is 0 Å². The summed E-state index contributed by atoms with van der Waals surface area (Å²) in [5.41, 5.74) is 2.33. The van der Waals surface area contributed by atoms with Crippen LogP contribution in [-0.2, 0) is 24.8 Å². The van der Waals surface area contributed by atoms with E-state index in [0.717, 1.165) is 38.0 Å². The van der Waals surface area contributed by atoms with Crippen LogP contribution in [0.15, 0.2) is 6.07 Å². The highest BCUT2D eigenvalue weighted by atomic mass is 16.1. The molecule has 0 radical (unpaired) electrons. The predicted octanol–water partition coefficient (Wildman–Crippen LogP) is 1.15. The standard InChI is InChI=1S/C12H19N3O/c1-3-10-7-11(14(2)13-10)8-15-6-4-5-12(16)9-15/h7H,3-6,8-9H2,1-2H3. The highest BCUT2D eigenvalue weighted by Gasteiger charge is 2.18. The van der Waals surface area contributed by atoms with E-state index in [1.807, 2.05) is 11.7 Å². The molecule has 2 rings (SSSR count). The number of rotatable bonds is 3. The number of aryl methyl sites for hydroxylation is 2. The van der Waals surface area contributed by atoms with Gasteiger partial charge in [0.05, 0.1) is 17.9 Å². The maximum atomic E-state index is 11.3. The summed E-state index contributed by atoms with van der Waals surface area (Å²) in [6, 6.07) is 2.14.